The summed E-state index contributed by atoms with van der Waals surface area (Å²) >= 11 is 0. The van der Waals surface area contributed by atoms with Gasteiger partial charge in [0, 0.05) is 29.9 Å². The maximum Gasteiger partial charge on any atom is 0.134 e. The molecule has 1 heterocycles. The Balaban J connectivity index is 2.52. The lowest BCUT2D eigenvalue weighted by atomic mass is 10.1. The SMILES string of the molecule is CCN/C=C(\C=N)c1ccc2ncnc(N)c2c1. The van der Waals surface area contributed by atoms with E-state index in [0.29, 0.717) is 5.82 Å². The predicted octanol–water partition coefficient (Wildman–Crippen LogP) is 1.81. The molecule has 0 radical (unpaired) electrons. The molecule has 0 saturated carbocycles. The zero-order chi connectivity index (χ0) is 13.0. The Morgan fingerprint density at radius 3 is 3.00 bits per heavy atom. The number of fused-ring (bicyclic) bond motifs is 1. The van der Waals surface area contributed by atoms with E-state index < -0.39 is 0 Å². The maximum atomic E-state index is 7.44. The summed E-state index contributed by atoms with van der Waals surface area (Å²) in [5.41, 5.74) is 8.34. The second-order valence-corrected chi connectivity index (χ2v) is 3.79. The molecule has 0 unspecified atom stereocenters. The third kappa shape index (κ3) is 2.29. The fourth-order valence-corrected chi connectivity index (χ4v) is 1.68. The minimum Gasteiger partial charge on any atom is -0.391 e. The van der Waals surface area contributed by atoms with Gasteiger partial charge in [0.2, 0.25) is 0 Å². The van der Waals surface area contributed by atoms with Gasteiger partial charge < -0.3 is 16.5 Å². The Hall–Kier alpha value is -2.43. The third-order valence-corrected chi connectivity index (χ3v) is 2.62. The number of hydrogen-bond donors (Lipinski definition) is 3. The topological polar surface area (TPSA) is 87.7 Å². The molecule has 2 aromatic rings. The van der Waals surface area contributed by atoms with Crippen LogP contribution in [0.3, 0.4) is 0 Å². The first-order valence-electron chi connectivity index (χ1n) is 5.71. The Morgan fingerprint density at radius 2 is 2.28 bits per heavy atom. The zero-order valence-electron chi connectivity index (χ0n) is 10.1. The van der Waals surface area contributed by atoms with Crippen LogP contribution in [0.5, 0.6) is 0 Å². The molecule has 18 heavy (non-hydrogen) atoms. The number of anilines is 1. The molecule has 4 N–H and O–H groups in total. The van der Waals surface area contributed by atoms with Gasteiger partial charge >= 0.3 is 0 Å². The van der Waals surface area contributed by atoms with Crippen molar-refractivity contribution in [3.63, 3.8) is 0 Å². The van der Waals surface area contributed by atoms with Crippen LogP contribution in [-0.2, 0) is 0 Å². The van der Waals surface area contributed by atoms with Gasteiger partial charge in [-0.1, -0.05) is 6.07 Å². The third-order valence-electron chi connectivity index (χ3n) is 2.62. The Kier molecular flexibility index (Phi) is 3.52. The smallest absolute Gasteiger partial charge is 0.134 e. The Bertz CT molecular complexity index is 603. The maximum absolute atomic E-state index is 7.44. The predicted molar refractivity (Wildman–Crippen MR) is 74.4 cm³/mol. The van der Waals surface area contributed by atoms with Crippen LogP contribution in [0.4, 0.5) is 5.82 Å². The summed E-state index contributed by atoms with van der Waals surface area (Å²) in [6.45, 7) is 2.82. The van der Waals surface area contributed by atoms with Gasteiger partial charge in [-0.05, 0) is 24.6 Å². The second kappa shape index (κ2) is 5.27. The van der Waals surface area contributed by atoms with Crippen LogP contribution in [0, 0.1) is 5.41 Å². The van der Waals surface area contributed by atoms with E-state index >= 15 is 0 Å². The van der Waals surface area contributed by atoms with Gasteiger partial charge in [-0.15, -0.1) is 0 Å². The van der Waals surface area contributed by atoms with E-state index in [1.807, 2.05) is 31.3 Å². The molecule has 5 heteroatoms. The quantitative estimate of drug-likeness (QED) is 0.712. The van der Waals surface area contributed by atoms with E-state index in [1.54, 1.807) is 0 Å². The van der Waals surface area contributed by atoms with E-state index in [9.17, 15) is 0 Å². The molecule has 0 amide bonds. The number of allylic oxidation sites excluding steroid dienone is 1. The lowest BCUT2D eigenvalue weighted by Crippen LogP contribution is -2.04. The van der Waals surface area contributed by atoms with Gasteiger partial charge in [0.25, 0.3) is 0 Å². The zero-order valence-corrected chi connectivity index (χ0v) is 10.1. The first-order chi connectivity index (χ1) is 8.76. The minimum absolute atomic E-state index is 0.453. The lowest BCUT2D eigenvalue weighted by Gasteiger charge is -2.05. The number of hydrogen-bond acceptors (Lipinski definition) is 5. The largest absolute Gasteiger partial charge is 0.391 e. The highest BCUT2D eigenvalue weighted by atomic mass is 14.9. The molecule has 0 spiro atoms. The van der Waals surface area contributed by atoms with Crippen LogP contribution in [0.2, 0.25) is 0 Å². The molecule has 5 nitrogen and oxygen atoms in total. The fraction of sp³-hybridized carbons (Fsp3) is 0.154. The van der Waals surface area contributed by atoms with Gasteiger partial charge in [0.05, 0.1) is 5.52 Å². The van der Waals surface area contributed by atoms with E-state index in [4.69, 9.17) is 11.1 Å². The van der Waals surface area contributed by atoms with Crippen LogP contribution in [0.25, 0.3) is 16.5 Å². The number of nitrogens with one attached hydrogen (secondary N) is 2. The second-order valence-electron chi connectivity index (χ2n) is 3.79. The average Bonchev–Trinajstić information content (AvgIpc) is 2.40. The molecular formula is C13H15N5. The molecule has 1 aromatic heterocycles. The summed E-state index contributed by atoms with van der Waals surface area (Å²) in [7, 11) is 0. The monoisotopic (exact) mass is 241 g/mol. The molecule has 0 bridgehead atoms. The van der Waals surface area contributed by atoms with Crippen LogP contribution < -0.4 is 11.1 Å². The van der Waals surface area contributed by atoms with Crippen molar-refractivity contribution in [2.75, 3.05) is 12.3 Å². The summed E-state index contributed by atoms with van der Waals surface area (Å²) < 4.78 is 0. The van der Waals surface area contributed by atoms with Crippen molar-refractivity contribution in [2.45, 2.75) is 6.92 Å². The number of benzene rings is 1. The van der Waals surface area contributed by atoms with Crippen molar-refractivity contribution in [3.05, 3.63) is 36.3 Å². The summed E-state index contributed by atoms with van der Waals surface area (Å²) in [5.74, 6) is 0.453. The summed E-state index contributed by atoms with van der Waals surface area (Å²) in [6, 6.07) is 5.70. The van der Waals surface area contributed by atoms with Crippen molar-refractivity contribution >= 4 is 28.5 Å². The highest BCUT2D eigenvalue weighted by Crippen LogP contribution is 2.21. The van der Waals surface area contributed by atoms with Gasteiger partial charge in [0.15, 0.2) is 0 Å². The van der Waals surface area contributed by atoms with Crippen LogP contribution in [0.15, 0.2) is 30.7 Å². The highest BCUT2D eigenvalue weighted by Gasteiger charge is 2.04. The van der Waals surface area contributed by atoms with Crippen LogP contribution in [-0.4, -0.2) is 22.7 Å². The standard InChI is InChI=1S/C13H15N5/c1-2-16-7-10(6-14)9-3-4-12-11(5-9)13(15)18-8-17-12/h3-8,14,16H,2H2,1H3,(H2,15,17,18)/b10-7+,14-6?. The number of nitrogen functional groups attached to an aromatic ring is 1. The fourth-order valence-electron chi connectivity index (χ4n) is 1.68. The Labute approximate surface area is 105 Å². The number of rotatable bonds is 4. The molecule has 1 aromatic carbocycles. The first kappa shape index (κ1) is 12.0. The van der Waals surface area contributed by atoms with Gasteiger partial charge in [0.1, 0.15) is 12.1 Å². The average molecular weight is 241 g/mol. The molecule has 0 aliphatic carbocycles. The van der Waals surface area contributed by atoms with Crippen molar-refractivity contribution in [1.29, 1.82) is 5.41 Å². The van der Waals surface area contributed by atoms with Crippen molar-refractivity contribution < 1.29 is 0 Å². The number of nitrogens with two attached hydrogens (primary N) is 1. The number of aromatic nitrogens is 2. The molecule has 0 aliphatic rings. The first-order valence-corrected chi connectivity index (χ1v) is 5.71. The molecule has 2 rings (SSSR count). The molecule has 92 valence electrons. The summed E-state index contributed by atoms with van der Waals surface area (Å²) in [4.78, 5) is 8.12. The Morgan fingerprint density at radius 1 is 1.44 bits per heavy atom. The van der Waals surface area contributed by atoms with Crippen LogP contribution in [0.1, 0.15) is 12.5 Å². The lowest BCUT2D eigenvalue weighted by molar-refractivity contribution is 0.922. The molecule has 0 fully saturated rings. The van der Waals surface area contributed by atoms with Crippen molar-refractivity contribution in [3.8, 4) is 0 Å². The normalized spacial score (nSPS) is 11.5. The van der Waals surface area contributed by atoms with Gasteiger partial charge in [-0.2, -0.15) is 0 Å². The van der Waals surface area contributed by atoms with Gasteiger partial charge in [-0.3, -0.25) is 0 Å². The van der Waals surface area contributed by atoms with Gasteiger partial charge in [-0.25, -0.2) is 9.97 Å². The minimum atomic E-state index is 0.453. The number of nitrogens with zero attached hydrogens (tertiary/aromatic N) is 2. The van der Waals surface area contributed by atoms with E-state index in [2.05, 4.69) is 15.3 Å². The van der Waals surface area contributed by atoms with Crippen molar-refractivity contribution in [2.24, 2.45) is 0 Å². The van der Waals surface area contributed by atoms with E-state index in [0.717, 1.165) is 28.6 Å². The molecule has 0 aliphatic heterocycles. The molecule has 0 saturated heterocycles. The molecular weight excluding hydrogens is 226 g/mol. The van der Waals surface area contributed by atoms with Crippen molar-refractivity contribution in [1.82, 2.24) is 15.3 Å². The summed E-state index contributed by atoms with van der Waals surface area (Å²) in [6.07, 6.45) is 4.57. The summed E-state index contributed by atoms with van der Waals surface area (Å²) in [5, 5.41) is 11.3. The van der Waals surface area contributed by atoms with E-state index in [1.165, 1.54) is 12.5 Å². The molecule has 0 atom stereocenters. The van der Waals surface area contributed by atoms with Crippen LogP contribution >= 0.6 is 0 Å². The van der Waals surface area contributed by atoms with E-state index in [-0.39, 0.29) is 0 Å². The highest BCUT2D eigenvalue weighted by molar-refractivity contribution is 6.09.